The summed E-state index contributed by atoms with van der Waals surface area (Å²) in [5.74, 6) is -0.193. The van der Waals surface area contributed by atoms with Gasteiger partial charge in [-0.2, -0.15) is 0 Å². The van der Waals surface area contributed by atoms with Gasteiger partial charge in [0.05, 0.1) is 6.61 Å². The fourth-order valence-electron chi connectivity index (χ4n) is 4.31. The van der Waals surface area contributed by atoms with Gasteiger partial charge in [-0.25, -0.2) is 4.39 Å². The van der Waals surface area contributed by atoms with Crippen molar-refractivity contribution in [1.29, 1.82) is 0 Å². The van der Waals surface area contributed by atoms with E-state index in [1.807, 2.05) is 35.8 Å². The molecule has 0 spiro atoms. The SMILES string of the molecule is CCOC(=O)Cn1c2c(c3cc(F)ccc31)C[C@@H](NC(=O)COc1ccc(C)cc1)CC2. The Balaban J connectivity index is 1.48. The molecular weight excluding hydrogens is 411 g/mol. The van der Waals surface area contributed by atoms with Crippen molar-refractivity contribution in [2.45, 2.75) is 45.7 Å². The maximum Gasteiger partial charge on any atom is 0.325 e. The third-order valence-electron chi connectivity index (χ3n) is 5.78. The Hall–Kier alpha value is -3.35. The molecule has 0 radical (unpaired) electrons. The fourth-order valence-corrected chi connectivity index (χ4v) is 4.31. The molecule has 0 fully saturated rings. The Morgan fingerprint density at radius 1 is 1.19 bits per heavy atom. The number of esters is 1. The minimum atomic E-state index is -0.328. The van der Waals surface area contributed by atoms with Crippen molar-refractivity contribution in [3.8, 4) is 5.75 Å². The van der Waals surface area contributed by atoms with E-state index in [1.165, 1.54) is 12.1 Å². The molecule has 1 amide bonds. The van der Waals surface area contributed by atoms with Crippen LogP contribution in [0, 0.1) is 12.7 Å². The van der Waals surface area contributed by atoms with Crippen LogP contribution in [0.4, 0.5) is 4.39 Å². The molecule has 1 heterocycles. The number of rotatable bonds is 7. The topological polar surface area (TPSA) is 69.6 Å². The summed E-state index contributed by atoms with van der Waals surface area (Å²) < 4.78 is 26.6. The first kappa shape index (κ1) is 21.9. The summed E-state index contributed by atoms with van der Waals surface area (Å²) in [4.78, 5) is 24.6. The van der Waals surface area contributed by atoms with Gasteiger partial charge in [0.25, 0.3) is 5.91 Å². The van der Waals surface area contributed by atoms with E-state index in [0.717, 1.165) is 34.1 Å². The highest BCUT2D eigenvalue weighted by atomic mass is 19.1. The van der Waals surface area contributed by atoms with Crippen LogP contribution in [0.3, 0.4) is 0 Å². The van der Waals surface area contributed by atoms with Crippen molar-refractivity contribution in [2.24, 2.45) is 0 Å². The molecule has 1 N–H and O–H groups in total. The van der Waals surface area contributed by atoms with Crippen molar-refractivity contribution in [1.82, 2.24) is 9.88 Å². The lowest BCUT2D eigenvalue weighted by atomic mass is 9.91. The number of carbonyl (C=O) groups is 2. The Morgan fingerprint density at radius 3 is 2.72 bits per heavy atom. The summed E-state index contributed by atoms with van der Waals surface area (Å²) in [5, 5.41) is 3.81. The van der Waals surface area contributed by atoms with E-state index in [0.29, 0.717) is 25.2 Å². The number of benzene rings is 2. The molecule has 7 heteroatoms. The smallest absolute Gasteiger partial charge is 0.325 e. The number of nitrogens with one attached hydrogen (secondary N) is 1. The van der Waals surface area contributed by atoms with Gasteiger partial charge < -0.3 is 19.4 Å². The monoisotopic (exact) mass is 438 g/mol. The van der Waals surface area contributed by atoms with E-state index >= 15 is 0 Å². The van der Waals surface area contributed by atoms with Crippen LogP contribution in [0.15, 0.2) is 42.5 Å². The summed E-state index contributed by atoms with van der Waals surface area (Å²) in [7, 11) is 0. The standard InChI is InChI=1S/C25H27FN2O4/c1-3-31-25(30)14-28-22-10-6-17(26)12-20(22)21-13-18(7-11-23(21)28)27-24(29)15-32-19-8-4-16(2)5-9-19/h4-6,8-10,12,18H,3,7,11,13-15H2,1-2H3,(H,27,29)/t18-/m0/s1. The number of fused-ring (bicyclic) bond motifs is 3. The van der Waals surface area contributed by atoms with E-state index in [-0.39, 0.29) is 36.9 Å². The van der Waals surface area contributed by atoms with Gasteiger partial charge in [0.1, 0.15) is 18.1 Å². The third kappa shape index (κ3) is 4.77. The van der Waals surface area contributed by atoms with E-state index in [1.54, 1.807) is 13.0 Å². The molecule has 0 aliphatic heterocycles. The predicted octanol–water partition coefficient (Wildman–Crippen LogP) is 3.70. The molecule has 3 aromatic rings. The van der Waals surface area contributed by atoms with Crippen LogP contribution in [0.5, 0.6) is 5.75 Å². The Labute approximate surface area is 186 Å². The van der Waals surface area contributed by atoms with E-state index in [2.05, 4.69) is 5.32 Å². The van der Waals surface area contributed by atoms with Crippen LogP contribution in [-0.4, -0.2) is 35.7 Å². The average molecular weight is 438 g/mol. The number of carbonyl (C=O) groups excluding carboxylic acids is 2. The summed E-state index contributed by atoms with van der Waals surface area (Å²) >= 11 is 0. The summed E-state index contributed by atoms with van der Waals surface area (Å²) in [6.45, 7) is 4.10. The first-order valence-corrected chi connectivity index (χ1v) is 10.9. The number of hydrogen-bond donors (Lipinski definition) is 1. The van der Waals surface area contributed by atoms with Crippen LogP contribution in [0.1, 0.15) is 30.2 Å². The zero-order valence-electron chi connectivity index (χ0n) is 18.3. The van der Waals surface area contributed by atoms with Crippen molar-refractivity contribution in [3.05, 3.63) is 65.1 Å². The number of nitrogens with zero attached hydrogens (tertiary/aromatic N) is 1. The highest BCUT2D eigenvalue weighted by Crippen LogP contribution is 2.33. The van der Waals surface area contributed by atoms with Gasteiger partial charge in [0.2, 0.25) is 0 Å². The highest BCUT2D eigenvalue weighted by molar-refractivity contribution is 5.87. The van der Waals surface area contributed by atoms with E-state index < -0.39 is 0 Å². The number of aryl methyl sites for hydroxylation is 1. The minimum Gasteiger partial charge on any atom is -0.484 e. The van der Waals surface area contributed by atoms with Crippen molar-refractivity contribution in [2.75, 3.05) is 13.2 Å². The lowest BCUT2D eigenvalue weighted by Gasteiger charge is -2.25. The van der Waals surface area contributed by atoms with Crippen molar-refractivity contribution < 1.29 is 23.5 Å². The summed E-state index contributed by atoms with van der Waals surface area (Å²) in [6.07, 6.45) is 1.97. The second-order valence-electron chi connectivity index (χ2n) is 8.09. The average Bonchev–Trinajstić information content (AvgIpc) is 3.06. The molecule has 2 aromatic carbocycles. The van der Waals surface area contributed by atoms with Gasteiger partial charge in [0, 0.05) is 22.6 Å². The van der Waals surface area contributed by atoms with Gasteiger partial charge in [0.15, 0.2) is 6.61 Å². The lowest BCUT2D eigenvalue weighted by Crippen LogP contribution is -2.41. The minimum absolute atomic E-state index is 0.0638. The molecule has 0 bridgehead atoms. The number of amides is 1. The summed E-state index contributed by atoms with van der Waals surface area (Å²) in [5.41, 5.74) is 3.90. The molecule has 4 rings (SSSR count). The number of hydrogen-bond acceptors (Lipinski definition) is 4. The maximum absolute atomic E-state index is 14.0. The van der Waals surface area contributed by atoms with Crippen LogP contribution in [0.25, 0.3) is 10.9 Å². The highest BCUT2D eigenvalue weighted by Gasteiger charge is 2.27. The third-order valence-corrected chi connectivity index (χ3v) is 5.78. The number of ether oxygens (including phenoxy) is 2. The lowest BCUT2D eigenvalue weighted by molar-refractivity contribution is -0.143. The van der Waals surface area contributed by atoms with Crippen LogP contribution < -0.4 is 10.1 Å². The van der Waals surface area contributed by atoms with Crippen LogP contribution in [0.2, 0.25) is 0 Å². The zero-order valence-corrected chi connectivity index (χ0v) is 18.3. The summed E-state index contributed by atoms with van der Waals surface area (Å²) in [6, 6.07) is 12.1. The quantitative estimate of drug-likeness (QED) is 0.571. The van der Waals surface area contributed by atoms with Gasteiger partial charge in [-0.15, -0.1) is 0 Å². The number of halogens is 1. The molecule has 0 saturated heterocycles. The van der Waals surface area contributed by atoms with Gasteiger partial charge in [-0.3, -0.25) is 9.59 Å². The fraction of sp³-hybridized carbons (Fsp3) is 0.360. The normalized spacial score (nSPS) is 15.3. The predicted molar refractivity (Wildman–Crippen MR) is 119 cm³/mol. The van der Waals surface area contributed by atoms with Gasteiger partial charge in [-0.05, 0) is 69.0 Å². The second kappa shape index (κ2) is 9.42. The molecule has 1 aromatic heterocycles. The molecule has 1 aliphatic carbocycles. The maximum atomic E-state index is 14.0. The number of aromatic nitrogens is 1. The molecule has 1 aliphatic rings. The molecule has 1 atom stereocenters. The second-order valence-corrected chi connectivity index (χ2v) is 8.09. The Morgan fingerprint density at radius 2 is 1.97 bits per heavy atom. The first-order valence-electron chi connectivity index (χ1n) is 10.9. The Bertz CT molecular complexity index is 1140. The largest absolute Gasteiger partial charge is 0.484 e. The molecular formula is C25H27FN2O4. The van der Waals surface area contributed by atoms with Crippen LogP contribution >= 0.6 is 0 Å². The van der Waals surface area contributed by atoms with Gasteiger partial charge in [-0.1, -0.05) is 17.7 Å². The molecule has 0 unspecified atom stereocenters. The van der Waals surface area contributed by atoms with Crippen molar-refractivity contribution >= 4 is 22.8 Å². The zero-order chi connectivity index (χ0) is 22.7. The van der Waals surface area contributed by atoms with Crippen molar-refractivity contribution in [3.63, 3.8) is 0 Å². The first-order chi connectivity index (χ1) is 15.4. The Kier molecular flexibility index (Phi) is 6.44. The molecule has 6 nitrogen and oxygen atoms in total. The molecule has 32 heavy (non-hydrogen) atoms. The van der Waals surface area contributed by atoms with Gasteiger partial charge >= 0.3 is 5.97 Å². The van der Waals surface area contributed by atoms with E-state index in [9.17, 15) is 14.0 Å². The molecule has 0 saturated carbocycles. The van der Waals surface area contributed by atoms with Crippen LogP contribution in [-0.2, 0) is 33.7 Å². The molecule has 168 valence electrons. The van der Waals surface area contributed by atoms with E-state index in [4.69, 9.17) is 9.47 Å².